The Labute approximate surface area is 53.7 Å². The normalized spacial score (nSPS) is 13.1. The van der Waals surface area contributed by atoms with Crippen molar-refractivity contribution in [2.75, 3.05) is 0 Å². The lowest BCUT2D eigenvalue weighted by Crippen LogP contribution is -2.34. The summed E-state index contributed by atoms with van der Waals surface area (Å²) in [5, 5.41) is -2.39. The van der Waals surface area contributed by atoms with Gasteiger partial charge in [-0.25, -0.2) is 8.42 Å². The monoisotopic (exact) mass is 177 g/mol. The molecule has 0 aliphatic rings. The number of hydrogen-bond donors (Lipinski definition) is 1. The summed E-state index contributed by atoms with van der Waals surface area (Å²) in [6, 6.07) is 0. The molecule has 0 aliphatic heterocycles. The van der Waals surface area contributed by atoms with Crippen molar-refractivity contribution in [3.63, 3.8) is 0 Å². The maximum absolute atomic E-state index is 11.2. The first kappa shape index (κ1) is 9.21. The number of amides is 1. The number of halogens is 3. The van der Waals surface area contributed by atoms with E-state index >= 15 is 0 Å². The van der Waals surface area contributed by atoms with E-state index in [-0.39, 0.29) is 0 Å². The summed E-state index contributed by atoms with van der Waals surface area (Å²) >= 11 is 0. The van der Waals surface area contributed by atoms with Crippen LogP contribution in [0.2, 0.25) is 0 Å². The Morgan fingerprint density at radius 1 is 1.30 bits per heavy atom. The highest BCUT2D eigenvalue weighted by Crippen LogP contribution is 2.23. The second-order valence-corrected chi connectivity index (χ2v) is 3.14. The fraction of sp³-hybridized carbons (Fsp3) is 0.500. The van der Waals surface area contributed by atoms with E-state index in [1.165, 1.54) is 0 Å². The van der Waals surface area contributed by atoms with Crippen molar-refractivity contribution in [3.05, 3.63) is 0 Å². The van der Waals surface area contributed by atoms with Gasteiger partial charge in [0, 0.05) is 0 Å². The number of alkyl halides is 3. The Morgan fingerprint density at radius 2 is 1.60 bits per heavy atom. The first-order valence-electron chi connectivity index (χ1n) is 1.80. The molecule has 8 heteroatoms. The van der Waals surface area contributed by atoms with Gasteiger partial charge in [0.1, 0.15) is 0 Å². The van der Waals surface area contributed by atoms with Crippen LogP contribution in [0, 0.1) is 0 Å². The van der Waals surface area contributed by atoms with Gasteiger partial charge in [0.25, 0.3) is 0 Å². The molecule has 0 aliphatic carbocycles. The summed E-state index contributed by atoms with van der Waals surface area (Å²) in [4.78, 5) is 9.58. The highest BCUT2D eigenvalue weighted by atomic mass is 32.2. The van der Waals surface area contributed by atoms with E-state index in [2.05, 4.69) is 5.73 Å². The highest BCUT2D eigenvalue weighted by molar-refractivity contribution is 8.06. The van der Waals surface area contributed by atoms with E-state index in [9.17, 15) is 26.4 Å². The summed E-state index contributed by atoms with van der Waals surface area (Å²) in [5.74, 6) is 0. The molecule has 2 N–H and O–H groups in total. The molecule has 0 rings (SSSR count). The molecule has 0 spiro atoms. The van der Waals surface area contributed by atoms with Crippen LogP contribution in [-0.4, -0.2) is 19.2 Å². The first-order valence-corrected chi connectivity index (χ1v) is 3.28. The Hall–Kier alpha value is -0.790. The standard InChI is InChI=1S/C2H2F3NO3S/c3-2(4,5)10(8,9)1(6)7/h(H2,6,7). The molecule has 0 radical (unpaired) electrons. The van der Waals surface area contributed by atoms with Crippen LogP contribution >= 0.6 is 0 Å². The minimum Gasteiger partial charge on any atom is -0.356 e. The van der Waals surface area contributed by atoms with Crippen molar-refractivity contribution in [1.82, 2.24) is 0 Å². The molecule has 0 saturated heterocycles. The predicted molar refractivity (Wildman–Crippen MR) is 24.6 cm³/mol. The zero-order valence-corrected chi connectivity index (χ0v) is 5.16. The minimum absolute atomic E-state index is 2.39. The van der Waals surface area contributed by atoms with Crippen LogP contribution in [0.4, 0.5) is 18.0 Å². The molecule has 0 bridgehead atoms. The van der Waals surface area contributed by atoms with Gasteiger partial charge in [0.05, 0.1) is 0 Å². The van der Waals surface area contributed by atoms with Gasteiger partial charge < -0.3 is 5.73 Å². The van der Waals surface area contributed by atoms with E-state index in [0.29, 0.717) is 0 Å². The van der Waals surface area contributed by atoms with Crippen LogP contribution in [0.5, 0.6) is 0 Å². The molecule has 1 amide bonds. The van der Waals surface area contributed by atoms with Gasteiger partial charge in [-0.15, -0.1) is 0 Å². The Kier molecular flexibility index (Phi) is 1.95. The maximum atomic E-state index is 11.2. The molecule has 0 saturated carbocycles. The van der Waals surface area contributed by atoms with Crippen molar-refractivity contribution in [1.29, 1.82) is 0 Å². The van der Waals surface area contributed by atoms with Crippen LogP contribution in [0.1, 0.15) is 0 Å². The number of primary amides is 1. The average Bonchev–Trinajstić information content (AvgIpc) is 1.62. The fourth-order valence-electron chi connectivity index (χ4n) is 0.114. The van der Waals surface area contributed by atoms with Gasteiger partial charge >= 0.3 is 20.6 Å². The fourth-order valence-corrected chi connectivity index (χ4v) is 0.342. The molecule has 10 heavy (non-hydrogen) atoms. The largest absolute Gasteiger partial charge is 0.506 e. The first-order chi connectivity index (χ1) is 4.19. The lowest BCUT2D eigenvalue weighted by atomic mass is 11.4. The number of rotatable bonds is 0. The molecule has 0 atom stereocenters. The van der Waals surface area contributed by atoms with Crippen LogP contribution in [-0.2, 0) is 9.84 Å². The summed E-state index contributed by atoms with van der Waals surface area (Å²) in [6.45, 7) is 0. The summed E-state index contributed by atoms with van der Waals surface area (Å²) in [5.41, 5.74) is -1.68. The van der Waals surface area contributed by atoms with E-state index in [0.717, 1.165) is 0 Å². The van der Waals surface area contributed by atoms with E-state index in [1.807, 2.05) is 0 Å². The van der Waals surface area contributed by atoms with Crippen molar-refractivity contribution < 1.29 is 26.4 Å². The summed E-state index contributed by atoms with van der Waals surface area (Å²) in [7, 11) is -5.78. The molecular formula is C2H2F3NO3S. The lowest BCUT2D eigenvalue weighted by molar-refractivity contribution is -0.0422. The molecule has 0 unspecified atom stereocenters. The quantitative estimate of drug-likeness (QED) is 0.565. The third-order valence-corrected chi connectivity index (χ3v) is 1.71. The smallest absolute Gasteiger partial charge is 0.356 e. The van der Waals surface area contributed by atoms with Crippen LogP contribution in [0.15, 0.2) is 0 Å². The third kappa shape index (κ3) is 1.38. The SMILES string of the molecule is NC(=O)S(=O)(=O)C(F)(F)F. The van der Waals surface area contributed by atoms with Crippen molar-refractivity contribution in [2.45, 2.75) is 5.51 Å². The number of sulfone groups is 1. The predicted octanol–water partition coefficient (Wildman–Crippen LogP) is -0.000300. The molecule has 4 nitrogen and oxygen atoms in total. The van der Waals surface area contributed by atoms with Gasteiger partial charge in [0.15, 0.2) is 0 Å². The van der Waals surface area contributed by atoms with Gasteiger partial charge in [-0.1, -0.05) is 0 Å². The molecule has 60 valence electrons. The van der Waals surface area contributed by atoms with E-state index in [1.54, 1.807) is 0 Å². The molecule has 0 heterocycles. The topological polar surface area (TPSA) is 77.2 Å². The van der Waals surface area contributed by atoms with Crippen LogP contribution in [0.25, 0.3) is 0 Å². The average molecular weight is 177 g/mol. The third-order valence-electron chi connectivity index (χ3n) is 0.570. The van der Waals surface area contributed by atoms with Crippen molar-refractivity contribution in [3.8, 4) is 0 Å². The Balaban J connectivity index is 4.98. The zero-order chi connectivity index (χ0) is 8.58. The molecule has 0 fully saturated rings. The highest BCUT2D eigenvalue weighted by Gasteiger charge is 2.50. The second kappa shape index (κ2) is 2.11. The zero-order valence-electron chi connectivity index (χ0n) is 4.34. The minimum atomic E-state index is -5.78. The number of hydrogen-bond acceptors (Lipinski definition) is 3. The van der Waals surface area contributed by atoms with Gasteiger partial charge in [-0.05, 0) is 0 Å². The number of carbonyl (C=O) groups is 1. The summed E-state index contributed by atoms with van der Waals surface area (Å²) < 4.78 is 53.1. The Bertz CT molecular complexity index is 239. The van der Waals surface area contributed by atoms with Crippen molar-refractivity contribution in [2.24, 2.45) is 5.73 Å². The molecule has 0 aromatic rings. The van der Waals surface area contributed by atoms with Crippen molar-refractivity contribution >= 4 is 15.1 Å². The molecule has 0 aromatic carbocycles. The lowest BCUT2D eigenvalue weighted by Gasteiger charge is -2.01. The van der Waals surface area contributed by atoms with Gasteiger partial charge in [-0.3, -0.25) is 4.79 Å². The van der Waals surface area contributed by atoms with E-state index < -0.39 is 20.6 Å². The summed E-state index contributed by atoms with van der Waals surface area (Å²) in [6.07, 6.45) is 0. The van der Waals surface area contributed by atoms with Gasteiger partial charge in [-0.2, -0.15) is 13.2 Å². The molecular weight excluding hydrogens is 175 g/mol. The second-order valence-electron chi connectivity index (χ2n) is 1.27. The van der Waals surface area contributed by atoms with Gasteiger partial charge in [0.2, 0.25) is 0 Å². The van der Waals surface area contributed by atoms with Crippen LogP contribution in [0.3, 0.4) is 0 Å². The number of nitrogens with two attached hydrogens (primary N) is 1. The molecule has 0 aromatic heterocycles. The number of carbonyl (C=O) groups excluding carboxylic acids is 1. The van der Waals surface area contributed by atoms with Crippen LogP contribution < -0.4 is 5.73 Å². The maximum Gasteiger partial charge on any atom is 0.506 e. The Morgan fingerprint density at radius 3 is 1.60 bits per heavy atom. The van der Waals surface area contributed by atoms with E-state index in [4.69, 9.17) is 0 Å².